The molecule has 0 atom stereocenters. The summed E-state index contributed by atoms with van der Waals surface area (Å²) in [6, 6.07) is 40.0. The Morgan fingerprint density at radius 3 is 1.48 bits per heavy atom. The van der Waals surface area contributed by atoms with Gasteiger partial charge in [-0.15, -0.1) is 33.2 Å². The molecule has 54 heavy (non-hydrogen) atoms. The zero-order valence-corrected chi connectivity index (χ0v) is 33.0. The normalized spacial score (nSPS) is 11.9. The molecule has 1 nitrogen and oxygen atoms in total. The maximum absolute atomic E-state index is 6.48. The lowest BCUT2D eigenvalue weighted by atomic mass is 9.59. The Hall–Kier alpha value is -5.18. The van der Waals surface area contributed by atoms with Crippen molar-refractivity contribution >= 4 is 181 Å². The second kappa shape index (κ2) is 12.2. The van der Waals surface area contributed by atoms with Gasteiger partial charge in [-0.2, -0.15) is 0 Å². The average Bonchev–Trinajstić information content (AvgIpc) is 3.78. The van der Waals surface area contributed by atoms with Crippen LogP contribution in [0.3, 0.4) is 0 Å². The van der Waals surface area contributed by atoms with E-state index in [2.05, 4.69) is 166 Å². The van der Waals surface area contributed by atoms with Crippen molar-refractivity contribution in [3.8, 4) is 33.4 Å². The fraction of sp³-hybridized carbons (Fsp3) is 0. The molecule has 0 bridgehead atoms. The monoisotopic (exact) mass is 698 g/mol. The van der Waals surface area contributed by atoms with E-state index in [0.717, 1.165) is 33.1 Å². The van der Waals surface area contributed by atoms with Crippen molar-refractivity contribution in [1.82, 2.24) is 0 Å². The van der Waals surface area contributed by atoms with Gasteiger partial charge in [0.2, 0.25) is 0 Å². The SMILES string of the molecule is Bc1c(B)c(B)c2c(-c3cccc4c3sc3ccccc34)c3c(B)c(B)c(B)c(B)c3c(-c3ccc(-c4cccc5c4oc4ccccc45)cc3)c2c1B. The molecule has 0 aliphatic heterocycles. The van der Waals surface area contributed by atoms with Crippen LogP contribution in [0.5, 0.6) is 0 Å². The van der Waals surface area contributed by atoms with Crippen LogP contribution in [0.15, 0.2) is 114 Å². The molecule has 0 unspecified atom stereocenters. The van der Waals surface area contributed by atoms with Crippen LogP contribution in [-0.2, 0) is 0 Å². The summed E-state index contributed by atoms with van der Waals surface area (Å²) in [5.74, 6) is 0. The van der Waals surface area contributed by atoms with Gasteiger partial charge in [-0.05, 0) is 55.9 Å². The van der Waals surface area contributed by atoms with Gasteiger partial charge in [0.1, 0.15) is 73.9 Å². The zero-order chi connectivity index (χ0) is 37.2. The first-order valence-electron chi connectivity index (χ1n) is 19.0. The molecular formula is C44H34B8OS. The van der Waals surface area contributed by atoms with E-state index >= 15 is 0 Å². The predicted molar refractivity (Wildman–Crippen MR) is 263 cm³/mol. The first kappa shape index (κ1) is 33.4. The van der Waals surface area contributed by atoms with E-state index in [0.29, 0.717) is 0 Å². The van der Waals surface area contributed by atoms with E-state index in [1.165, 1.54) is 108 Å². The molecule has 0 fully saturated rings. The smallest absolute Gasteiger partial charge is 0.143 e. The first-order chi connectivity index (χ1) is 26.2. The van der Waals surface area contributed by atoms with Gasteiger partial charge in [0.05, 0.1) is 0 Å². The lowest BCUT2D eigenvalue weighted by molar-refractivity contribution is 0.670. The standard InChI is InChI=1S/C44H34B8OS/c45-35-31-29(20-17-15-19(16-18-20)21-9-5-10-24-22-7-1-3-13-27(22)53-43(21)24)32-34(38(48)42(52)40(50)36(32)46)30(33(31)37(47)41(51)39(35)49)26-12-6-11-25-23-8-2-4-14-28(23)54-44(25)26/h1-18H,45-52H2. The van der Waals surface area contributed by atoms with Gasteiger partial charge in [-0.3, -0.25) is 0 Å². The second-order valence-corrected chi connectivity index (χ2v) is 16.4. The summed E-state index contributed by atoms with van der Waals surface area (Å²) in [6.07, 6.45) is 0. The summed E-state index contributed by atoms with van der Waals surface area (Å²) in [5, 5.41) is 10.5. The summed E-state index contributed by atoms with van der Waals surface area (Å²) in [7, 11) is 18.7. The largest absolute Gasteiger partial charge is 0.455 e. The summed E-state index contributed by atoms with van der Waals surface area (Å²) >= 11 is 1.93. The van der Waals surface area contributed by atoms with Gasteiger partial charge in [0.15, 0.2) is 0 Å². The molecule has 10 aromatic rings. The second-order valence-electron chi connectivity index (χ2n) is 15.4. The Morgan fingerprint density at radius 2 is 0.852 bits per heavy atom. The van der Waals surface area contributed by atoms with E-state index < -0.39 is 0 Å². The number of furan rings is 1. The van der Waals surface area contributed by atoms with Crippen molar-refractivity contribution in [1.29, 1.82) is 0 Å². The predicted octanol–water partition coefficient (Wildman–Crippen LogP) is -0.671. The van der Waals surface area contributed by atoms with Crippen LogP contribution in [0, 0.1) is 0 Å². The molecule has 8 aromatic carbocycles. The topological polar surface area (TPSA) is 13.1 Å². The van der Waals surface area contributed by atoms with Gasteiger partial charge < -0.3 is 4.42 Å². The summed E-state index contributed by atoms with van der Waals surface area (Å²) in [5.41, 5.74) is 20.4. The molecule has 0 amide bonds. The van der Waals surface area contributed by atoms with Crippen LogP contribution in [0.2, 0.25) is 0 Å². The minimum absolute atomic E-state index is 0.925. The summed E-state index contributed by atoms with van der Waals surface area (Å²) in [4.78, 5) is 0. The van der Waals surface area contributed by atoms with E-state index in [4.69, 9.17) is 4.42 Å². The van der Waals surface area contributed by atoms with Crippen LogP contribution >= 0.6 is 11.3 Å². The minimum atomic E-state index is 0.925. The molecule has 246 valence electrons. The highest BCUT2D eigenvalue weighted by Crippen LogP contribution is 2.46. The lowest BCUT2D eigenvalue weighted by Gasteiger charge is -2.28. The Balaban J connectivity index is 1.34. The van der Waals surface area contributed by atoms with Gasteiger partial charge in [0.25, 0.3) is 0 Å². The Morgan fingerprint density at radius 1 is 0.370 bits per heavy atom. The van der Waals surface area contributed by atoms with Crippen LogP contribution in [0.1, 0.15) is 0 Å². The molecule has 10 rings (SSSR count). The highest BCUT2D eigenvalue weighted by atomic mass is 32.1. The summed E-state index contributed by atoms with van der Waals surface area (Å²) in [6.45, 7) is 0. The number of rotatable bonds is 3. The fourth-order valence-electron chi connectivity index (χ4n) is 9.42. The number of hydrogen-bond donors (Lipinski definition) is 0. The number of para-hydroxylation sites is 2. The Kier molecular flexibility index (Phi) is 7.52. The number of fused-ring (bicyclic) bond motifs is 8. The highest BCUT2D eigenvalue weighted by molar-refractivity contribution is 7.26. The van der Waals surface area contributed by atoms with E-state index in [1.54, 1.807) is 0 Å². The van der Waals surface area contributed by atoms with Gasteiger partial charge >= 0.3 is 0 Å². The average molecular weight is 697 g/mol. The number of benzene rings is 8. The first-order valence-corrected chi connectivity index (χ1v) is 19.8. The van der Waals surface area contributed by atoms with Gasteiger partial charge in [-0.25, -0.2) is 0 Å². The van der Waals surface area contributed by atoms with E-state index in [9.17, 15) is 0 Å². The third kappa shape index (κ3) is 4.56. The quantitative estimate of drug-likeness (QED) is 0.177. The van der Waals surface area contributed by atoms with Gasteiger partial charge in [0, 0.05) is 42.1 Å². The molecular weight excluding hydrogens is 663 g/mol. The van der Waals surface area contributed by atoms with Crippen molar-refractivity contribution in [2.45, 2.75) is 0 Å². The lowest BCUT2D eigenvalue weighted by Crippen LogP contribution is -2.50. The summed E-state index contributed by atoms with van der Waals surface area (Å²) < 4.78 is 9.18. The molecule has 10 heteroatoms. The molecule has 0 saturated heterocycles. The molecule has 0 spiro atoms. The number of thiophene rings is 1. The molecule has 0 radical (unpaired) electrons. The highest BCUT2D eigenvalue weighted by Gasteiger charge is 2.26. The maximum atomic E-state index is 6.48. The zero-order valence-electron chi connectivity index (χ0n) is 32.2. The van der Waals surface area contributed by atoms with E-state index in [1.807, 2.05) is 17.4 Å². The van der Waals surface area contributed by atoms with Gasteiger partial charge in [-0.1, -0.05) is 119 Å². The van der Waals surface area contributed by atoms with Crippen molar-refractivity contribution < 1.29 is 4.42 Å². The minimum Gasteiger partial charge on any atom is -0.455 e. The van der Waals surface area contributed by atoms with Crippen LogP contribution in [-0.4, -0.2) is 62.8 Å². The van der Waals surface area contributed by atoms with Crippen molar-refractivity contribution in [2.24, 2.45) is 0 Å². The number of hydrogen-bond acceptors (Lipinski definition) is 2. The van der Waals surface area contributed by atoms with Crippen molar-refractivity contribution in [2.75, 3.05) is 0 Å². The van der Waals surface area contributed by atoms with E-state index in [-0.39, 0.29) is 0 Å². The Bertz CT molecular complexity index is 3170. The molecule has 2 heterocycles. The third-order valence-corrected chi connectivity index (χ3v) is 14.2. The molecule has 0 N–H and O–H groups in total. The van der Waals surface area contributed by atoms with Crippen molar-refractivity contribution in [3.63, 3.8) is 0 Å². The van der Waals surface area contributed by atoms with Crippen LogP contribution < -0.4 is 43.7 Å². The third-order valence-electron chi connectivity index (χ3n) is 12.9. The van der Waals surface area contributed by atoms with Crippen molar-refractivity contribution in [3.05, 3.63) is 109 Å². The molecule has 2 aromatic heterocycles. The van der Waals surface area contributed by atoms with Crippen LogP contribution in [0.4, 0.5) is 0 Å². The maximum Gasteiger partial charge on any atom is 0.143 e. The Labute approximate surface area is 326 Å². The molecule has 0 aliphatic rings. The molecule has 0 saturated carbocycles. The fourth-order valence-corrected chi connectivity index (χ4v) is 10.6. The van der Waals surface area contributed by atoms with Crippen LogP contribution in [0.25, 0.3) is 97.0 Å². The molecule has 0 aliphatic carbocycles.